The summed E-state index contributed by atoms with van der Waals surface area (Å²) >= 11 is 0. The van der Waals surface area contributed by atoms with Crippen molar-refractivity contribution in [3.05, 3.63) is 0 Å². The standard InChI is InChI=1S/C17H32N4O3S.2ClH/c22-17(15-4-1-2-5-15)21-10-3-6-16(14-21)25(23,24)19-9-13-20-11-7-18-8-12-20;;/h15-16,18-19H,1-14H2;2*1H. The lowest BCUT2D eigenvalue weighted by Crippen LogP contribution is -2.51. The topological polar surface area (TPSA) is 81.8 Å². The van der Waals surface area contributed by atoms with Crippen LogP contribution in [0.2, 0.25) is 0 Å². The van der Waals surface area contributed by atoms with Gasteiger partial charge in [-0.05, 0) is 25.7 Å². The predicted octanol–water partition coefficient (Wildman–Crippen LogP) is 0.836. The van der Waals surface area contributed by atoms with Crippen molar-refractivity contribution >= 4 is 40.7 Å². The molecule has 2 saturated heterocycles. The molecule has 0 aromatic heterocycles. The Bertz CT molecular complexity index is 552. The third-order valence-electron chi connectivity index (χ3n) is 5.77. The molecule has 2 N–H and O–H groups in total. The highest BCUT2D eigenvalue weighted by Gasteiger charge is 2.35. The molecule has 0 aromatic carbocycles. The summed E-state index contributed by atoms with van der Waals surface area (Å²) in [6.07, 6.45) is 5.61. The van der Waals surface area contributed by atoms with Gasteiger partial charge in [-0.2, -0.15) is 0 Å². The Morgan fingerprint density at radius 2 is 1.67 bits per heavy atom. The quantitative estimate of drug-likeness (QED) is 0.633. The highest BCUT2D eigenvalue weighted by molar-refractivity contribution is 7.90. The van der Waals surface area contributed by atoms with Gasteiger partial charge in [0, 0.05) is 58.3 Å². The fourth-order valence-electron chi connectivity index (χ4n) is 4.22. The number of nitrogens with one attached hydrogen (secondary N) is 2. The fraction of sp³-hybridized carbons (Fsp3) is 0.941. The van der Waals surface area contributed by atoms with Crippen molar-refractivity contribution in [3.8, 4) is 0 Å². The van der Waals surface area contributed by atoms with E-state index in [1.807, 2.05) is 0 Å². The van der Waals surface area contributed by atoms with E-state index in [9.17, 15) is 13.2 Å². The molecule has 1 unspecified atom stereocenters. The fourth-order valence-corrected chi connectivity index (χ4v) is 5.69. The van der Waals surface area contributed by atoms with E-state index < -0.39 is 15.3 Å². The molecule has 27 heavy (non-hydrogen) atoms. The Balaban J connectivity index is 0.00000182. The smallest absolute Gasteiger partial charge is 0.225 e. The molecule has 0 bridgehead atoms. The molecule has 1 saturated carbocycles. The van der Waals surface area contributed by atoms with E-state index >= 15 is 0 Å². The minimum atomic E-state index is -3.36. The molecule has 3 fully saturated rings. The van der Waals surface area contributed by atoms with Crippen LogP contribution in [0, 0.1) is 5.92 Å². The minimum Gasteiger partial charge on any atom is -0.341 e. The Morgan fingerprint density at radius 1 is 1.00 bits per heavy atom. The van der Waals surface area contributed by atoms with E-state index in [0.29, 0.717) is 26.1 Å². The highest BCUT2D eigenvalue weighted by Crippen LogP contribution is 2.28. The zero-order valence-electron chi connectivity index (χ0n) is 15.9. The van der Waals surface area contributed by atoms with Crippen LogP contribution in [-0.4, -0.2) is 81.7 Å². The molecule has 0 aromatic rings. The van der Waals surface area contributed by atoms with Crippen LogP contribution in [0.5, 0.6) is 0 Å². The largest absolute Gasteiger partial charge is 0.341 e. The van der Waals surface area contributed by atoms with Gasteiger partial charge in [-0.25, -0.2) is 13.1 Å². The van der Waals surface area contributed by atoms with Crippen molar-refractivity contribution in [1.29, 1.82) is 0 Å². The summed E-state index contributed by atoms with van der Waals surface area (Å²) in [7, 11) is -3.36. The van der Waals surface area contributed by atoms with E-state index in [2.05, 4.69) is 14.9 Å². The summed E-state index contributed by atoms with van der Waals surface area (Å²) in [5.41, 5.74) is 0. The molecule has 2 aliphatic heterocycles. The van der Waals surface area contributed by atoms with Gasteiger partial charge in [0.05, 0.1) is 5.25 Å². The molecule has 1 amide bonds. The predicted molar refractivity (Wildman–Crippen MR) is 112 cm³/mol. The van der Waals surface area contributed by atoms with Crippen LogP contribution >= 0.6 is 24.8 Å². The average molecular weight is 445 g/mol. The van der Waals surface area contributed by atoms with Crippen LogP contribution in [0.3, 0.4) is 0 Å². The third-order valence-corrected chi connectivity index (χ3v) is 7.64. The van der Waals surface area contributed by atoms with Crippen molar-refractivity contribution in [2.75, 3.05) is 52.4 Å². The molecule has 2 heterocycles. The van der Waals surface area contributed by atoms with Crippen molar-refractivity contribution in [1.82, 2.24) is 19.8 Å². The number of hydrogen-bond acceptors (Lipinski definition) is 5. The average Bonchev–Trinajstić information content (AvgIpc) is 3.17. The Labute approximate surface area is 175 Å². The van der Waals surface area contributed by atoms with Gasteiger partial charge in [0.15, 0.2) is 0 Å². The summed E-state index contributed by atoms with van der Waals surface area (Å²) in [6, 6.07) is 0. The van der Waals surface area contributed by atoms with E-state index in [1.165, 1.54) is 0 Å². The number of piperidine rings is 1. The molecule has 0 spiro atoms. The molecule has 1 atom stereocenters. The van der Waals surface area contributed by atoms with Crippen LogP contribution in [0.25, 0.3) is 0 Å². The van der Waals surface area contributed by atoms with Gasteiger partial charge in [-0.15, -0.1) is 24.8 Å². The molecule has 3 aliphatic rings. The first kappa shape index (κ1) is 24.9. The van der Waals surface area contributed by atoms with Crippen molar-refractivity contribution in [2.24, 2.45) is 5.92 Å². The van der Waals surface area contributed by atoms with Gasteiger partial charge >= 0.3 is 0 Å². The first-order chi connectivity index (χ1) is 12.1. The Morgan fingerprint density at radius 3 is 2.33 bits per heavy atom. The van der Waals surface area contributed by atoms with E-state index in [-0.39, 0.29) is 36.6 Å². The van der Waals surface area contributed by atoms with E-state index in [1.54, 1.807) is 4.90 Å². The van der Waals surface area contributed by atoms with Gasteiger partial charge < -0.3 is 10.2 Å². The Hall–Kier alpha value is -0.120. The second-order valence-electron chi connectivity index (χ2n) is 7.56. The molecular formula is C17H34Cl2N4O3S. The monoisotopic (exact) mass is 444 g/mol. The molecule has 7 nitrogen and oxygen atoms in total. The number of hydrogen-bond donors (Lipinski definition) is 2. The summed E-state index contributed by atoms with van der Waals surface area (Å²) < 4.78 is 28.1. The number of carbonyl (C=O) groups excluding carboxylic acids is 1. The number of likely N-dealkylation sites (tertiary alicyclic amines) is 1. The summed E-state index contributed by atoms with van der Waals surface area (Å²) in [4.78, 5) is 16.7. The van der Waals surface area contributed by atoms with Gasteiger partial charge in [-0.1, -0.05) is 12.8 Å². The molecule has 3 rings (SSSR count). The van der Waals surface area contributed by atoms with E-state index in [0.717, 1.165) is 64.8 Å². The number of rotatable bonds is 6. The van der Waals surface area contributed by atoms with Crippen LogP contribution < -0.4 is 10.0 Å². The SMILES string of the molecule is Cl.Cl.O=C(C1CCCC1)N1CCCC(S(=O)(=O)NCCN2CCNCC2)C1. The van der Waals surface area contributed by atoms with Crippen LogP contribution in [0.15, 0.2) is 0 Å². The first-order valence-corrected chi connectivity index (χ1v) is 11.3. The lowest BCUT2D eigenvalue weighted by atomic mass is 10.0. The van der Waals surface area contributed by atoms with Crippen molar-refractivity contribution in [3.63, 3.8) is 0 Å². The number of halogens is 2. The van der Waals surface area contributed by atoms with Crippen molar-refractivity contribution in [2.45, 2.75) is 43.8 Å². The van der Waals surface area contributed by atoms with Crippen LogP contribution in [-0.2, 0) is 14.8 Å². The maximum atomic E-state index is 12.6. The summed E-state index contributed by atoms with van der Waals surface area (Å²) in [5, 5.41) is 2.83. The summed E-state index contributed by atoms with van der Waals surface area (Å²) in [6.45, 7) is 6.14. The number of carbonyl (C=O) groups is 1. The van der Waals surface area contributed by atoms with Gasteiger partial charge in [0.1, 0.15) is 0 Å². The van der Waals surface area contributed by atoms with Gasteiger partial charge in [-0.3, -0.25) is 9.69 Å². The summed E-state index contributed by atoms with van der Waals surface area (Å²) in [5.74, 6) is 0.306. The number of piperazine rings is 1. The normalized spacial score (nSPS) is 24.9. The number of sulfonamides is 1. The maximum Gasteiger partial charge on any atom is 0.225 e. The van der Waals surface area contributed by atoms with Gasteiger partial charge in [0.25, 0.3) is 0 Å². The maximum absolute atomic E-state index is 12.6. The molecule has 0 radical (unpaired) electrons. The number of amides is 1. The minimum absolute atomic E-state index is 0. The molecule has 160 valence electrons. The van der Waals surface area contributed by atoms with Gasteiger partial charge in [0.2, 0.25) is 15.9 Å². The van der Waals surface area contributed by atoms with Crippen molar-refractivity contribution < 1.29 is 13.2 Å². The van der Waals surface area contributed by atoms with Crippen LogP contribution in [0.1, 0.15) is 38.5 Å². The molecule has 1 aliphatic carbocycles. The second kappa shape index (κ2) is 11.8. The third kappa shape index (κ3) is 7.01. The Kier molecular flexibility index (Phi) is 10.9. The zero-order chi connectivity index (χ0) is 17.7. The second-order valence-corrected chi connectivity index (χ2v) is 9.61. The molecular weight excluding hydrogens is 411 g/mol. The van der Waals surface area contributed by atoms with Crippen LogP contribution in [0.4, 0.5) is 0 Å². The number of nitrogens with zero attached hydrogens (tertiary/aromatic N) is 2. The van der Waals surface area contributed by atoms with E-state index in [4.69, 9.17) is 0 Å². The first-order valence-electron chi connectivity index (χ1n) is 9.76. The lowest BCUT2D eigenvalue weighted by Gasteiger charge is -2.34. The lowest BCUT2D eigenvalue weighted by molar-refractivity contribution is -0.136. The molecule has 10 heteroatoms. The zero-order valence-corrected chi connectivity index (χ0v) is 18.3. The highest BCUT2D eigenvalue weighted by atomic mass is 35.5.